The van der Waals surface area contributed by atoms with E-state index in [2.05, 4.69) is 25.3 Å². The van der Waals surface area contributed by atoms with Crippen LogP contribution in [0.3, 0.4) is 0 Å². The number of rotatable bonds is 6. The quantitative estimate of drug-likeness (QED) is 0.351. The largest absolute Gasteiger partial charge is 0.471 e. The minimum Gasteiger partial charge on any atom is -0.471 e. The van der Waals surface area contributed by atoms with Crippen LogP contribution in [0.25, 0.3) is 0 Å². The number of hydrogen-bond donors (Lipinski definition) is 2. The highest BCUT2D eigenvalue weighted by Gasteiger charge is 2.65. The number of likely N-dealkylation sites (tertiary alicyclic amines) is 2. The Labute approximate surface area is 268 Å². The van der Waals surface area contributed by atoms with Gasteiger partial charge in [0.15, 0.2) is 18.2 Å². The van der Waals surface area contributed by atoms with Gasteiger partial charge in [-0.3, -0.25) is 19.4 Å². The summed E-state index contributed by atoms with van der Waals surface area (Å²) in [4.78, 5) is 65.8. The third-order valence-electron chi connectivity index (χ3n) is 10.3. The second kappa shape index (κ2) is 11.9. The molecule has 6 rings (SSSR count). The van der Waals surface area contributed by atoms with E-state index in [9.17, 15) is 32.3 Å². The van der Waals surface area contributed by atoms with Crippen LogP contribution in [0.1, 0.15) is 40.0 Å². The van der Waals surface area contributed by atoms with Crippen molar-refractivity contribution in [2.75, 3.05) is 32.1 Å². The Bertz CT molecular complexity index is 1490. The molecular formula is C31H38F4N6O6. The van der Waals surface area contributed by atoms with Crippen molar-refractivity contribution in [2.24, 2.45) is 34.1 Å². The smallest absolute Gasteiger partial charge is 0.408 e. The minimum atomic E-state index is -2.91. The van der Waals surface area contributed by atoms with Crippen molar-refractivity contribution in [1.29, 1.82) is 0 Å². The van der Waals surface area contributed by atoms with Gasteiger partial charge in [0.05, 0.1) is 18.8 Å². The van der Waals surface area contributed by atoms with Crippen molar-refractivity contribution in [2.45, 2.75) is 76.4 Å². The summed E-state index contributed by atoms with van der Waals surface area (Å²) < 4.78 is 65.4. The fraction of sp³-hybridized carbons (Fsp3) is 0.677. The fourth-order valence-corrected chi connectivity index (χ4v) is 8.29. The van der Waals surface area contributed by atoms with E-state index in [1.807, 2.05) is 0 Å². The summed E-state index contributed by atoms with van der Waals surface area (Å²) in [6, 6.07) is -2.10. The second-order valence-corrected chi connectivity index (χ2v) is 14.2. The number of carbonyl (C=O) groups is 4. The summed E-state index contributed by atoms with van der Waals surface area (Å²) in [5, 5.41) is 5.04. The van der Waals surface area contributed by atoms with Crippen LogP contribution in [0.2, 0.25) is 0 Å². The number of pyridine rings is 1. The summed E-state index contributed by atoms with van der Waals surface area (Å²) in [6.07, 6.45) is -1.99. The van der Waals surface area contributed by atoms with Gasteiger partial charge in [-0.2, -0.15) is 0 Å². The Morgan fingerprint density at radius 2 is 2.00 bits per heavy atom. The SMILES string of the molecule is CN=C[C@@H]1C[C@]2(CN1C(=O)[C@@H]1[C@@H]3[C@H](CN1C(=O)[C@@H](NC(=O)OCC(F)F)C(C)(C)C)[C@H]1C[C@@H]3[C@H](F)C1)Oc1cc(F)cnc1NC2=O. The van der Waals surface area contributed by atoms with Crippen LogP contribution in [-0.2, 0) is 19.1 Å². The Morgan fingerprint density at radius 1 is 1.26 bits per heavy atom. The molecule has 1 aromatic rings. The number of halogens is 4. The second-order valence-electron chi connectivity index (χ2n) is 14.2. The van der Waals surface area contributed by atoms with Crippen molar-refractivity contribution in [3.8, 4) is 5.75 Å². The lowest BCUT2D eigenvalue weighted by Gasteiger charge is -2.39. The topological polar surface area (TPSA) is 143 Å². The number of amides is 4. The van der Waals surface area contributed by atoms with E-state index in [0.29, 0.717) is 12.8 Å². The molecule has 4 heterocycles. The number of anilines is 1. The fourth-order valence-electron chi connectivity index (χ4n) is 8.29. The maximum atomic E-state index is 15.3. The zero-order valence-corrected chi connectivity index (χ0v) is 26.4. The van der Waals surface area contributed by atoms with Crippen molar-refractivity contribution < 1.29 is 46.2 Å². The van der Waals surface area contributed by atoms with E-state index >= 15 is 4.39 Å². The molecule has 3 aliphatic heterocycles. The van der Waals surface area contributed by atoms with Gasteiger partial charge in [0.25, 0.3) is 12.3 Å². The molecule has 9 atom stereocenters. The number of fused-ring (bicyclic) bond motifs is 6. The number of nitrogens with one attached hydrogen (secondary N) is 2. The maximum absolute atomic E-state index is 15.3. The van der Waals surface area contributed by atoms with Crippen LogP contribution in [0.5, 0.6) is 5.75 Å². The number of alkyl carbamates (subject to hydrolysis) is 1. The number of ether oxygens (including phenoxy) is 2. The molecule has 12 nitrogen and oxygen atoms in total. The molecule has 47 heavy (non-hydrogen) atoms. The number of aromatic nitrogens is 1. The first-order chi connectivity index (χ1) is 22.1. The normalized spacial score (nSPS) is 33.2. The molecule has 4 fully saturated rings. The highest BCUT2D eigenvalue weighted by atomic mass is 19.3. The summed E-state index contributed by atoms with van der Waals surface area (Å²) in [7, 11) is 1.50. The molecular weight excluding hydrogens is 628 g/mol. The van der Waals surface area contributed by atoms with Crippen molar-refractivity contribution in [1.82, 2.24) is 20.1 Å². The molecule has 0 unspecified atom stereocenters. The van der Waals surface area contributed by atoms with Crippen LogP contribution in [0.4, 0.5) is 28.2 Å². The Kier molecular flexibility index (Phi) is 8.35. The molecule has 256 valence electrons. The summed E-state index contributed by atoms with van der Waals surface area (Å²) in [5.41, 5.74) is -2.56. The van der Waals surface area contributed by atoms with Gasteiger partial charge in [-0.25, -0.2) is 27.3 Å². The van der Waals surface area contributed by atoms with Gasteiger partial charge in [-0.15, -0.1) is 0 Å². The van der Waals surface area contributed by atoms with Crippen LogP contribution in [0.15, 0.2) is 17.3 Å². The average molecular weight is 667 g/mol. The van der Waals surface area contributed by atoms with Gasteiger partial charge in [-0.1, -0.05) is 20.8 Å². The number of nitrogens with zero attached hydrogens (tertiary/aromatic N) is 4. The maximum Gasteiger partial charge on any atom is 0.408 e. The van der Waals surface area contributed by atoms with Gasteiger partial charge in [0, 0.05) is 32.3 Å². The van der Waals surface area contributed by atoms with Gasteiger partial charge in [0.1, 0.15) is 24.1 Å². The summed E-state index contributed by atoms with van der Waals surface area (Å²) >= 11 is 0. The molecule has 5 aliphatic rings. The predicted octanol–water partition coefficient (Wildman–Crippen LogP) is 2.82. The first-order valence-electron chi connectivity index (χ1n) is 15.7. The lowest BCUT2D eigenvalue weighted by molar-refractivity contribution is -0.149. The number of carbonyl (C=O) groups excluding carboxylic acids is 4. The van der Waals surface area contributed by atoms with Gasteiger partial charge < -0.3 is 29.9 Å². The highest BCUT2D eigenvalue weighted by Crippen LogP contribution is 2.59. The Hall–Kier alpha value is -3.98. The van der Waals surface area contributed by atoms with Crippen molar-refractivity contribution >= 4 is 35.8 Å². The predicted molar refractivity (Wildman–Crippen MR) is 158 cm³/mol. The summed E-state index contributed by atoms with van der Waals surface area (Å²) in [6.45, 7) is 3.72. The minimum absolute atomic E-state index is 0.00461. The standard InChI is InChI=1S/C31H38F4N6O6/c1-30(2,3)24(38-29(45)46-12-21(34)35)27(43)40-11-18-14-5-17(19(33)6-14)22(18)23(40)26(42)41-13-31(8-16(41)10-36-4)28(44)39-25-20(47-31)7-15(32)9-37-25/h7,9-10,14,16-19,21-24H,5-6,8,11-13H2,1-4H3,(H,38,45)(H,37,39,44)/t14-,16-,17+,18+,19+,22-,23-,24+,31+/m0/s1. The molecule has 0 aromatic carbocycles. The van der Waals surface area contributed by atoms with Crippen LogP contribution in [0, 0.1) is 34.9 Å². The number of hydrogen-bond acceptors (Lipinski definition) is 8. The number of aliphatic imine (C=N–C) groups is 1. The first-order valence-corrected chi connectivity index (χ1v) is 15.7. The lowest BCUT2D eigenvalue weighted by atomic mass is 9.77. The monoisotopic (exact) mass is 666 g/mol. The van der Waals surface area contributed by atoms with Crippen molar-refractivity contribution in [3.05, 3.63) is 18.1 Å². The third kappa shape index (κ3) is 5.77. The molecule has 1 aromatic heterocycles. The molecule has 2 N–H and O–H groups in total. The van der Waals surface area contributed by atoms with Crippen LogP contribution < -0.4 is 15.4 Å². The van der Waals surface area contributed by atoms with E-state index in [1.165, 1.54) is 23.1 Å². The zero-order valence-electron chi connectivity index (χ0n) is 26.4. The lowest BCUT2D eigenvalue weighted by Crippen LogP contribution is -2.60. The highest BCUT2D eigenvalue weighted by molar-refractivity contribution is 6.02. The van der Waals surface area contributed by atoms with E-state index in [4.69, 9.17) is 4.74 Å². The molecule has 2 bridgehead atoms. The van der Waals surface area contributed by atoms with E-state index < -0.39 is 89.8 Å². The van der Waals surface area contributed by atoms with Gasteiger partial charge >= 0.3 is 6.09 Å². The first kappa shape index (κ1) is 32.9. The van der Waals surface area contributed by atoms with Gasteiger partial charge in [0.2, 0.25) is 17.4 Å². The molecule has 2 saturated heterocycles. The average Bonchev–Trinajstić information content (AvgIpc) is 3.74. The Balaban J connectivity index is 1.33. The van der Waals surface area contributed by atoms with Crippen LogP contribution >= 0.6 is 0 Å². The van der Waals surface area contributed by atoms with Crippen molar-refractivity contribution in [3.63, 3.8) is 0 Å². The summed E-state index contributed by atoms with van der Waals surface area (Å²) in [5.74, 6) is -3.64. The third-order valence-corrected chi connectivity index (χ3v) is 10.3. The molecule has 0 radical (unpaired) electrons. The molecule has 2 saturated carbocycles. The zero-order chi connectivity index (χ0) is 34.0. The van der Waals surface area contributed by atoms with E-state index in [0.717, 1.165) is 12.3 Å². The van der Waals surface area contributed by atoms with Gasteiger partial charge in [-0.05, 0) is 41.9 Å². The van der Waals surface area contributed by atoms with E-state index in [1.54, 1.807) is 20.8 Å². The van der Waals surface area contributed by atoms with Crippen LogP contribution in [-0.4, -0.2) is 108 Å². The molecule has 2 aliphatic carbocycles. The molecule has 4 amide bonds. The number of alkyl halides is 3. The molecule has 1 spiro atoms. The Morgan fingerprint density at radius 3 is 2.68 bits per heavy atom. The van der Waals surface area contributed by atoms with E-state index in [-0.39, 0.29) is 42.9 Å². The molecule has 16 heteroatoms.